The van der Waals surface area contributed by atoms with Gasteiger partial charge in [0, 0.05) is 7.05 Å². The van der Waals surface area contributed by atoms with Crippen molar-refractivity contribution >= 4 is 12.7 Å². The molecule has 0 aliphatic rings. The van der Waals surface area contributed by atoms with E-state index in [1.165, 1.54) is 6.34 Å². The molecule has 0 aliphatic carbocycles. The van der Waals surface area contributed by atoms with Crippen molar-refractivity contribution in [3.8, 4) is 0 Å². The number of hydrazine groups is 2. The van der Waals surface area contributed by atoms with E-state index in [0.717, 1.165) is 0 Å². The van der Waals surface area contributed by atoms with Gasteiger partial charge in [-0.1, -0.05) is 0 Å². The fourth-order valence-corrected chi connectivity index (χ4v) is 0.168. The number of carbonyl (C=O) groups excluding carboxylic acids is 1. The zero-order valence-electron chi connectivity index (χ0n) is 4.51. The second kappa shape index (κ2) is 5.90. The summed E-state index contributed by atoms with van der Waals surface area (Å²) in [5.41, 5.74) is 6.92. The summed E-state index contributed by atoms with van der Waals surface area (Å²) in [6.07, 6.45) is 1.91. The van der Waals surface area contributed by atoms with Gasteiger partial charge in [-0.05, 0) is 0 Å². The average molecular weight is 116 g/mol. The second-order valence-electron chi connectivity index (χ2n) is 0.919. The Balaban J connectivity index is 2.82. The lowest BCUT2D eigenvalue weighted by atomic mass is 11.2. The van der Waals surface area contributed by atoms with Crippen molar-refractivity contribution in [2.24, 2.45) is 4.99 Å². The summed E-state index contributed by atoms with van der Waals surface area (Å²) in [5, 5.41) is 0. The van der Waals surface area contributed by atoms with E-state index < -0.39 is 0 Å². The molecule has 0 fully saturated rings. The first-order chi connectivity index (χ1) is 3.91. The zero-order valence-corrected chi connectivity index (χ0v) is 4.51. The van der Waals surface area contributed by atoms with Crippen LogP contribution in [0.5, 0.6) is 0 Å². The third kappa shape index (κ3) is 4.90. The van der Waals surface area contributed by atoms with Gasteiger partial charge in [-0.2, -0.15) is 0 Å². The first kappa shape index (κ1) is 6.90. The summed E-state index contributed by atoms with van der Waals surface area (Å²) in [5.74, 6) is 0. The van der Waals surface area contributed by atoms with Crippen molar-refractivity contribution in [3.63, 3.8) is 0 Å². The molecule has 1 amide bonds. The standard InChI is InChI=1S/C3H8N4O/c1-4-2-5-7-6-3-8/h2-3,7H,1H3,(H,4,5)(H,6,8). The maximum Gasteiger partial charge on any atom is 0.222 e. The first-order valence-corrected chi connectivity index (χ1v) is 2.02. The van der Waals surface area contributed by atoms with Crippen LogP contribution in [0.2, 0.25) is 0 Å². The van der Waals surface area contributed by atoms with Crippen LogP contribution in [0.4, 0.5) is 0 Å². The molecule has 0 saturated carbocycles. The van der Waals surface area contributed by atoms with E-state index in [-0.39, 0.29) is 0 Å². The van der Waals surface area contributed by atoms with Gasteiger partial charge >= 0.3 is 0 Å². The lowest BCUT2D eigenvalue weighted by Crippen LogP contribution is -2.41. The molecule has 8 heavy (non-hydrogen) atoms. The highest BCUT2D eigenvalue weighted by Crippen LogP contribution is 1.38. The third-order valence-electron chi connectivity index (χ3n) is 0.397. The van der Waals surface area contributed by atoms with Gasteiger partial charge in [0.05, 0.1) is 6.34 Å². The van der Waals surface area contributed by atoms with E-state index in [2.05, 4.69) is 21.4 Å². The van der Waals surface area contributed by atoms with Crippen LogP contribution in [0.15, 0.2) is 4.99 Å². The number of nitrogens with one attached hydrogen (secondary N) is 3. The minimum atomic E-state index is 0.510. The Kier molecular flexibility index (Phi) is 5.09. The van der Waals surface area contributed by atoms with Gasteiger partial charge < -0.3 is 0 Å². The Morgan fingerprint density at radius 1 is 1.50 bits per heavy atom. The van der Waals surface area contributed by atoms with Crippen LogP contribution in [-0.4, -0.2) is 19.8 Å². The quantitative estimate of drug-likeness (QED) is 0.136. The Morgan fingerprint density at radius 2 is 2.25 bits per heavy atom. The lowest BCUT2D eigenvalue weighted by Gasteiger charge is -1.96. The molecule has 0 aromatic heterocycles. The minimum absolute atomic E-state index is 0.510. The van der Waals surface area contributed by atoms with Crippen molar-refractivity contribution in [2.45, 2.75) is 0 Å². The van der Waals surface area contributed by atoms with E-state index in [1.54, 1.807) is 7.05 Å². The monoisotopic (exact) mass is 116 g/mol. The SMILES string of the molecule is CN=CNNNC=O. The molecule has 0 aromatic carbocycles. The third-order valence-corrected chi connectivity index (χ3v) is 0.397. The molecule has 0 heterocycles. The van der Waals surface area contributed by atoms with Gasteiger partial charge in [-0.25, -0.2) is 0 Å². The highest BCUT2D eigenvalue weighted by molar-refractivity contribution is 5.53. The van der Waals surface area contributed by atoms with E-state index in [4.69, 9.17) is 0 Å². The molecule has 0 unspecified atom stereocenters. The van der Waals surface area contributed by atoms with Gasteiger partial charge in [0.2, 0.25) is 6.41 Å². The van der Waals surface area contributed by atoms with Crippen LogP contribution in [0, 0.1) is 0 Å². The molecule has 0 radical (unpaired) electrons. The van der Waals surface area contributed by atoms with Crippen LogP contribution in [0.1, 0.15) is 0 Å². The predicted molar refractivity (Wildman–Crippen MR) is 29.9 cm³/mol. The number of carbonyl (C=O) groups is 1. The van der Waals surface area contributed by atoms with E-state index in [1.807, 2.05) is 0 Å². The Labute approximate surface area is 47.1 Å². The average Bonchev–Trinajstić information content (AvgIpc) is 1.81. The molecule has 46 valence electrons. The molecule has 0 aliphatic heterocycles. The van der Waals surface area contributed by atoms with Gasteiger partial charge in [-0.3, -0.25) is 20.6 Å². The molecular formula is C3H8N4O. The Bertz CT molecular complexity index is 81.4. The maximum atomic E-state index is 9.51. The van der Waals surface area contributed by atoms with E-state index >= 15 is 0 Å². The normalized spacial score (nSPS) is 9.12. The number of hydrogen-bond acceptors (Lipinski definition) is 3. The molecule has 0 spiro atoms. The van der Waals surface area contributed by atoms with Crippen molar-refractivity contribution in [3.05, 3.63) is 0 Å². The van der Waals surface area contributed by atoms with Gasteiger partial charge in [0.15, 0.2) is 0 Å². The topological polar surface area (TPSA) is 65.5 Å². The molecule has 3 N–H and O–H groups in total. The molecular weight excluding hydrogens is 108 g/mol. The van der Waals surface area contributed by atoms with Crippen LogP contribution >= 0.6 is 0 Å². The summed E-state index contributed by atoms with van der Waals surface area (Å²) in [6.45, 7) is 0. The number of nitrogens with zero attached hydrogens (tertiary/aromatic N) is 1. The second-order valence-corrected chi connectivity index (χ2v) is 0.919. The summed E-state index contributed by atoms with van der Waals surface area (Å²) < 4.78 is 0. The fraction of sp³-hybridized carbons (Fsp3) is 0.333. The van der Waals surface area contributed by atoms with Gasteiger partial charge in [0.25, 0.3) is 0 Å². The number of aliphatic imine (C=N–C) groups is 1. The maximum absolute atomic E-state index is 9.51. The van der Waals surface area contributed by atoms with Crippen molar-refractivity contribution in [2.75, 3.05) is 7.05 Å². The van der Waals surface area contributed by atoms with Crippen LogP contribution in [0.25, 0.3) is 0 Å². The van der Waals surface area contributed by atoms with Gasteiger partial charge in [-0.15, -0.1) is 5.53 Å². The highest BCUT2D eigenvalue weighted by Gasteiger charge is 1.67. The Hall–Kier alpha value is -1.10. The summed E-state index contributed by atoms with van der Waals surface area (Å²) in [6, 6.07) is 0. The highest BCUT2D eigenvalue weighted by atomic mass is 16.1. The molecule has 5 heteroatoms. The number of rotatable bonds is 4. The van der Waals surface area contributed by atoms with Gasteiger partial charge in [0.1, 0.15) is 0 Å². The lowest BCUT2D eigenvalue weighted by molar-refractivity contribution is -0.110. The smallest absolute Gasteiger partial charge is 0.222 e. The number of hydrogen-bond donors (Lipinski definition) is 3. The minimum Gasteiger partial charge on any atom is -0.294 e. The fourth-order valence-electron chi connectivity index (χ4n) is 0.168. The largest absolute Gasteiger partial charge is 0.294 e. The van der Waals surface area contributed by atoms with Crippen molar-refractivity contribution < 1.29 is 4.79 Å². The van der Waals surface area contributed by atoms with Crippen LogP contribution in [-0.2, 0) is 4.79 Å². The van der Waals surface area contributed by atoms with E-state index in [0.29, 0.717) is 6.41 Å². The summed E-state index contributed by atoms with van der Waals surface area (Å²) in [7, 11) is 1.61. The molecule has 5 nitrogen and oxygen atoms in total. The first-order valence-electron chi connectivity index (χ1n) is 2.02. The molecule has 0 rings (SSSR count). The molecule has 0 atom stereocenters. The van der Waals surface area contributed by atoms with Crippen molar-refractivity contribution in [1.29, 1.82) is 0 Å². The molecule has 0 saturated heterocycles. The Morgan fingerprint density at radius 3 is 2.75 bits per heavy atom. The predicted octanol–water partition coefficient (Wildman–Crippen LogP) is -1.60. The molecule has 0 bridgehead atoms. The van der Waals surface area contributed by atoms with Crippen LogP contribution in [0.3, 0.4) is 0 Å². The summed E-state index contributed by atoms with van der Waals surface area (Å²) >= 11 is 0. The van der Waals surface area contributed by atoms with E-state index in [9.17, 15) is 4.79 Å². The number of amides is 1. The molecule has 0 aromatic rings. The van der Waals surface area contributed by atoms with Crippen LogP contribution < -0.4 is 16.4 Å². The zero-order chi connectivity index (χ0) is 6.24. The van der Waals surface area contributed by atoms with Crippen molar-refractivity contribution in [1.82, 2.24) is 16.4 Å². The summed E-state index contributed by atoms with van der Waals surface area (Å²) in [4.78, 5) is 13.1.